The van der Waals surface area contributed by atoms with Crippen LogP contribution in [0.5, 0.6) is 0 Å². The number of piperidine rings is 1. The lowest BCUT2D eigenvalue weighted by Crippen LogP contribution is -2.44. The maximum atomic E-state index is 12.8. The monoisotopic (exact) mass is 308 g/mol. The van der Waals surface area contributed by atoms with Crippen molar-refractivity contribution in [1.29, 1.82) is 0 Å². The largest absolute Gasteiger partial charge is 0.326 e. The molecule has 1 saturated carbocycles. The number of nitrogens with two attached hydrogens (primary N) is 1. The van der Waals surface area contributed by atoms with E-state index < -0.39 is 10.0 Å². The molecule has 1 aliphatic carbocycles. The fraction of sp³-hybridized carbons (Fsp3) is 0.625. The summed E-state index contributed by atoms with van der Waals surface area (Å²) in [7, 11) is -3.35. The van der Waals surface area contributed by atoms with Gasteiger partial charge >= 0.3 is 0 Å². The Balaban J connectivity index is 1.78. The van der Waals surface area contributed by atoms with Crippen molar-refractivity contribution in [3.05, 3.63) is 29.8 Å². The van der Waals surface area contributed by atoms with Gasteiger partial charge in [-0.2, -0.15) is 4.31 Å². The van der Waals surface area contributed by atoms with Crippen LogP contribution in [0.3, 0.4) is 0 Å². The van der Waals surface area contributed by atoms with Gasteiger partial charge in [0.2, 0.25) is 10.0 Å². The highest BCUT2D eigenvalue weighted by molar-refractivity contribution is 7.89. The highest BCUT2D eigenvalue weighted by atomic mass is 32.2. The van der Waals surface area contributed by atoms with Crippen molar-refractivity contribution >= 4 is 10.0 Å². The van der Waals surface area contributed by atoms with E-state index in [-0.39, 0.29) is 0 Å². The number of sulfonamides is 1. The Labute approximate surface area is 127 Å². The molecule has 0 bridgehead atoms. The Bertz CT molecular complexity index is 583. The van der Waals surface area contributed by atoms with Gasteiger partial charge < -0.3 is 5.73 Å². The molecule has 3 rings (SSSR count). The molecule has 5 heteroatoms. The number of benzene rings is 1. The molecule has 0 spiro atoms. The molecular weight excluding hydrogens is 284 g/mol. The summed E-state index contributed by atoms with van der Waals surface area (Å²) in [6.07, 6.45) is 6.05. The molecule has 116 valence electrons. The van der Waals surface area contributed by atoms with Gasteiger partial charge in [0.05, 0.1) is 4.90 Å². The summed E-state index contributed by atoms with van der Waals surface area (Å²) in [5.74, 6) is 1.30. The lowest BCUT2D eigenvalue weighted by molar-refractivity contribution is 0.136. The van der Waals surface area contributed by atoms with Crippen LogP contribution in [0.15, 0.2) is 29.2 Å². The lowest BCUT2D eigenvalue weighted by Gasteiger charge is -2.40. The molecule has 1 aliphatic heterocycles. The number of hydrogen-bond acceptors (Lipinski definition) is 3. The Hall–Kier alpha value is -0.910. The quantitative estimate of drug-likeness (QED) is 0.932. The van der Waals surface area contributed by atoms with E-state index in [1.165, 1.54) is 25.7 Å². The first-order valence-corrected chi connectivity index (χ1v) is 9.34. The van der Waals surface area contributed by atoms with Gasteiger partial charge in [-0.15, -0.1) is 0 Å². The summed E-state index contributed by atoms with van der Waals surface area (Å²) in [4.78, 5) is 0.397. The molecule has 4 nitrogen and oxygen atoms in total. The summed E-state index contributed by atoms with van der Waals surface area (Å²) in [5, 5.41) is 0. The summed E-state index contributed by atoms with van der Waals surface area (Å²) >= 11 is 0. The van der Waals surface area contributed by atoms with Crippen molar-refractivity contribution in [1.82, 2.24) is 4.31 Å². The van der Waals surface area contributed by atoms with E-state index in [2.05, 4.69) is 0 Å². The lowest BCUT2D eigenvalue weighted by atomic mass is 9.76. The molecule has 1 aromatic carbocycles. The van der Waals surface area contributed by atoms with Gasteiger partial charge in [-0.3, -0.25) is 0 Å². The van der Waals surface area contributed by atoms with Gasteiger partial charge in [-0.1, -0.05) is 31.4 Å². The van der Waals surface area contributed by atoms with Crippen LogP contribution in [0.4, 0.5) is 0 Å². The van der Waals surface area contributed by atoms with Crippen LogP contribution < -0.4 is 5.73 Å². The second-order valence-electron chi connectivity index (χ2n) is 6.30. The summed E-state index contributed by atoms with van der Waals surface area (Å²) in [5.41, 5.74) is 6.52. The second-order valence-corrected chi connectivity index (χ2v) is 8.24. The van der Waals surface area contributed by atoms with Crippen LogP contribution in [-0.4, -0.2) is 25.8 Å². The first kappa shape index (κ1) is 15.0. The third-order valence-electron chi connectivity index (χ3n) is 5.05. The van der Waals surface area contributed by atoms with E-state index >= 15 is 0 Å². The highest BCUT2D eigenvalue weighted by Gasteiger charge is 2.36. The summed E-state index contributed by atoms with van der Waals surface area (Å²) < 4.78 is 27.2. The Morgan fingerprint density at radius 1 is 1.05 bits per heavy atom. The minimum atomic E-state index is -3.35. The Kier molecular flexibility index (Phi) is 4.33. The SMILES string of the molecule is NCc1ccc(S(=O)(=O)N2CCC3CCCCC3C2)cc1. The molecule has 2 aliphatic rings. The van der Waals surface area contributed by atoms with Crippen molar-refractivity contribution in [2.45, 2.75) is 43.5 Å². The second kappa shape index (κ2) is 6.07. The maximum Gasteiger partial charge on any atom is 0.243 e. The molecule has 1 heterocycles. The number of nitrogens with zero attached hydrogens (tertiary/aromatic N) is 1. The summed E-state index contributed by atoms with van der Waals surface area (Å²) in [6, 6.07) is 6.98. The molecule has 1 saturated heterocycles. The third kappa shape index (κ3) is 3.00. The van der Waals surface area contributed by atoms with E-state index in [0.717, 1.165) is 17.9 Å². The van der Waals surface area contributed by atoms with Crippen molar-refractivity contribution in [2.24, 2.45) is 17.6 Å². The van der Waals surface area contributed by atoms with Gasteiger partial charge in [0.15, 0.2) is 0 Å². The zero-order valence-corrected chi connectivity index (χ0v) is 13.2. The smallest absolute Gasteiger partial charge is 0.243 e. The predicted molar refractivity (Wildman–Crippen MR) is 83.2 cm³/mol. The predicted octanol–water partition coefficient (Wildman–Crippen LogP) is 2.35. The first-order valence-electron chi connectivity index (χ1n) is 7.90. The molecule has 2 fully saturated rings. The fourth-order valence-corrected chi connectivity index (χ4v) is 5.24. The van der Waals surface area contributed by atoms with E-state index in [1.54, 1.807) is 28.6 Å². The van der Waals surface area contributed by atoms with E-state index in [0.29, 0.717) is 30.4 Å². The van der Waals surface area contributed by atoms with Gasteiger partial charge in [-0.05, 0) is 42.4 Å². The van der Waals surface area contributed by atoms with Gasteiger partial charge in [0.1, 0.15) is 0 Å². The highest BCUT2D eigenvalue weighted by Crippen LogP contribution is 2.37. The zero-order chi connectivity index (χ0) is 14.9. The van der Waals surface area contributed by atoms with Crippen molar-refractivity contribution < 1.29 is 8.42 Å². The van der Waals surface area contributed by atoms with Gasteiger partial charge in [0, 0.05) is 19.6 Å². The van der Waals surface area contributed by atoms with Crippen molar-refractivity contribution in [2.75, 3.05) is 13.1 Å². The first-order chi connectivity index (χ1) is 10.1. The topological polar surface area (TPSA) is 63.4 Å². The molecule has 0 radical (unpaired) electrons. The average molecular weight is 308 g/mol. The third-order valence-corrected chi connectivity index (χ3v) is 6.93. The van der Waals surface area contributed by atoms with Gasteiger partial charge in [0.25, 0.3) is 0 Å². The normalized spacial score (nSPS) is 27.3. The Morgan fingerprint density at radius 3 is 2.38 bits per heavy atom. The van der Waals surface area contributed by atoms with E-state index in [9.17, 15) is 8.42 Å². The van der Waals surface area contributed by atoms with Crippen LogP contribution in [0.2, 0.25) is 0 Å². The van der Waals surface area contributed by atoms with Crippen LogP contribution in [-0.2, 0) is 16.6 Å². The molecule has 0 amide bonds. The number of fused-ring (bicyclic) bond motifs is 1. The fourth-order valence-electron chi connectivity index (χ4n) is 3.73. The molecule has 2 N–H and O–H groups in total. The van der Waals surface area contributed by atoms with E-state index in [1.807, 2.05) is 0 Å². The average Bonchev–Trinajstić information content (AvgIpc) is 2.54. The van der Waals surface area contributed by atoms with Crippen molar-refractivity contribution in [3.8, 4) is 0 Å². The maximum absolute atomic E-state index is 12.8. The van der Waals surface area contributed by atoms with Crippen LogP contribution in [0, 0.1) is 11.8 Å². The van der Waals surface area contributed by atoms with Gasteiger partial charge in [-0.25, -0.2) is 8.42 Å². The molecule has 2 unspecified atom stereocenters. The van der Waals surface area contributed by atoms with E-state index in [4.69, 9.17) is 5.73 Å². The minimum Gasteiger partial charge on any atom is -0.326 e. The molecule has 21 heavy (non-hydrogen) atoms. The van der Waals surface area contributed by atoms with Crippen LogP contribution in [0.25, 0.3) is 0 Å². The van der Waals surface area contributed by atoms with Crippen molar-refractivity contribution in [3.63, 3.8) is 0 Å². The summed E-state index contributed by atoms with van der Waals surface area (Å²) in [6.45, 7) is 1.81. The molecule has 2 atom stereocenters. The number of rotatable bonds is 3. The number of hydrogen-bond donors (Lipinski definition) is 1. The van der Waals surface area contributed by atoms with Crippen LogP contribution in [0.1, 0.15) is 37.7 Å². The molecular formula is C16H24N2O2S. The van der Waals surface area contributed by atoms with Crippen LogP contribution >= 0.6 is 0 Å². The minimum absolute atomic E-state index is 0.397. The molecule has 0 aromatic heterocycles. The molecule has 1 aromatic rings. The zero-order valence-electron chi connectivity index (χ0n) is 12.4. The Morgan fingerprint density at radius 2 is 1.71 bits per heavy atom. The standard InChI is InChI=1S/C16H24N2O2S/c17-11-13-5-7-16(8-6-13)21(19,20)18-10-9-14-3-1-2-4-15(14)12-18/h5-8,14-15H,1-4,9-12,17H2.